The fourth-order valence-electron chi connectivity index (χ4n) is 1.62. The van der Waals surface area contributed by atoms with Crippen molar-refractivity contribution < 1.29 is 13.6 Å². The number of carbonyl (C=O) groups is 1. The van der Waals surface area contributed by atoms with Crippen molar-refractivity contribution in [2.75, 3.05) is 6.54 Å². The lowest BCUT2D eigenvalue weighted by Crippen LogP contribution is -2.33. The number of halogens is 2. The van der Waals surface area contributed by atoms with Gasteiger partial charge in [0.2, 0.25) is 0 Å². The number of nitrogens with zero attached hydrogens (tertiary/aromatic N) is 2. The van der Waals surface area contributed by atoms with E-state index in [2.05, 4.69) is 0 Å². The quantitative estimate of drug-likeness (QED) is 0.754. The summed E-state index contributed by atoms with van der Waals surface area (Å²) in [6.07, 6.45) is 1.72. The van der Waals surface area contributed by atoms with Crippen molar-refractivity contribution in [1.82, 2.24) is 4.90 Å². The highest BCUT2D eigenvalue weighted by atomic mass is 19.2. The Balaban J connectivity index is 2.22. The number of hydrogen-bond donors (Lipinski definition) is 0. The van der Waals surface area contributed by atoms with Crippen molar-refractivity contribution in [1.29, 1.82) is 5.26 Å². The van der Waals surface area contributed by atoms with Crippen molar-refractivity contribution in [2.45, 2.75) is 18.9 Å². The zero-order chi connectivity index (χ0) is 12.4. The van der Waals surface area contributed by atoms with Gasteiger partial charge in [0.15, 0.2) is 11.6 Å². The highest BCUT2D eigenvalue weighted by Gasteiger charge is 2.33. The second-order valence-corrected chi connectivity index (χ2v) is 3.95. The summed E-state index contributed by atoms with van der Waals surface area (Å²) in [5.74, 6) is -2.46. The molecule has 17 heavy (non-hydrogen) atoms. The third kappa shape index (κ3) is 2.41. The minimum absolute atomic E-state index is 0.0253. The van der Waals surface area contributed by atoms with Gasteiger partial charge >= 0.3 is 0 Å². The van der Waals surface area contributed by atoms with Gasteiger partial charge < -0.3 is 4.90 Å². The summed E-state index contributed by atoms with van der Waals surface area (Å²) >= 11 is 0. The fourth-order valence-corrected chi connectivity index (χ4v) is 1.62. The first-order valence-corrected chi connectivity index (χ1v) is 5.26. The molecule has 0 N–H and O–H groups in total. The summed E-state index contributed by atoms with van der Waals surface area (Å²) in [5, 5.41) is 8.63. The summed E-state index contributed by atoms with van der Waals surface area (Å²) < 4.78 is 25.7. The molecule has 0 aromatic heterocycles. The number of carbonyl (C=O) groups excluding carboxylic acids is 1. The monoisotopic (exact) mass is 236 g/mol. The molecule has 1 aliphatic rings. The Bertz CT molecular complexity index is 492. The first-order valence-electron chi connectivity index (χ1n) is 5.26. The molecule has 1 amide bonds. The number of rotatable bonds is 3. The van der Waals surface area contributed by atoms with Crippen molar-refractivity contribution >= 4 is 5.91 Å². The van der Waals surface area contributed by atoms with E-state index in [9.17, 15) is 13.6 Å². The normalized spacial score (nSPS) is 14.2. The topological polar surface area (TPSA) is 44.1 Å². The van der Waals surface area contributed by atoms with Crippen LogP contribution in [-0.4, -0.2) is 23.4 Å². The van der Waals surface area contributed by atoms with Crippen LogP contribution in [0.4, 0.5) is 8.78 Å². The molecule has 0 saturated heterocycles. The molecule has 1 aromatic rings. The van der Waals surface area contributed by atoms with E-state index in [-0.39, 0.29) is 18.2 Å². The van der Waals surface area contributed by atoms with Gasteiger partial charge in [-0.1, -0.05) is 0 Å². The highest BCUT2D eigenvalue weighted by Crippen LogP contribution is 2.28. The van der Waals surface area contributed by atoms with Gasteiger partial charge in [0.25, 0.3) is 5.91 Å². The summed E-state index contributed by atoms with van der Waals surface area (Å²) in [6, 6.07) is 4.98. The number of nitriles is 1. The van der Waals surface area contributed by atoms with Crippen LogP contribution in [0, 0.1) is 23.0 Å². The number of amides is 1. The lowest BCUT2D eigenvalue weighted by Gasteiger charge is -2.18. The first-order chi connectivity index (χ1) is 8.13. The molecule has 5 heteroatoms. The molecule has 0 radical (unpaired) electrons. The lowest BCUT2D eigenvalue weighted by atomic mass is 10.2. The van der Waals surface area contributed by atoms with Gasteiger partial charge in [-0.15, -0.1) is 0 Å². The smallest absolute Gasteiger partial charge is 0.255 e. The zero-order valence-corrected chi connectivity index (χ0v) is 8.99. The molecule has 3 nitrogen and oxygen atoms in total. The van der Waals surface area contributed by atoms with E-state index in [0.717, 1.165) is 25.0 Å². The lowest BCUT2D eigenvalue weighted by molar-refractivity contribution is 0.0764. The molecule has 0 bridgehead atoms. The Labute approximate surface area is 97.3 Å². The van der Waals surface area contributed by atoms with Gasteiger partial charge in [0, 0.05) is 11.6 Å². The van der Waals surface area contributed by atoms with Gasteiger partial charge in [-0.05, 0) is 31.0 Å². The van der Waals surface area contributed by atoms with Crippen LogP contribution in [0.1, 0.15) is 23.2 Å². The number of hydrogen-bond acceptors (Lipinski definition) is 2. The average Bonchev–Trinajstić information content (AvgIpc) is 3.13. The van der Waals surface area contributed by atoms with Crippen molar-refractivity contribution in [3.8, 4) is 6.07 Å². The van der Waals surface area contributed by atoms with Crippen LogP contribution in [0.3, 0.4) is 0 Å². The second-order valence-electron chi connectivity index (χ2n) is 3.95. The Morgan fingerprint density at radius 3 is 2.65 bits per heavy atom. The van der Waals surface area contributed by atoms with Crippen LogP contribution in [0.2, 0.25) is 0 Å². The molecule has 0 atom stereocenters. The Kier molecular flexibility index (Phi) is 3.05. The Morgan fingerprint density at radius 1 is 1.41 bits per heavy atom. The van der Waals surface area contributed by atoms with Crippen molar-refractivity contribution in [3.05, 3.63) is 35.4 Å². The van der Waals surface area contributed by atoms with Crippen LogP contribution < -0.4 is 0 Å². The molecular weight excluding hydrogens is 226 g/mol. The summed E-state index contributed by atoms with van der Waals surface area (Å²) in [6.45, 7) is -0.0253. The van der Waals surface area contributed by atoms with E-state index in [1.54, 1.807) is 0 Å². The van der Waals surface area contributed by atoms with Crippen molar-refractivity contribution in [3.63, 3.8) is 0 Å². The molecule has 0 spiro atoms. The highest BCUT2D eigenvalue weighted by molar-refractivity contribution is 5.94. The molecule has 1 saturated carbocycles. The molecule has 1 aliphatic carbocycles. The zero-order valence-electron chi connectivity index (χ0n) is 8.99. The van der Waals surface area contributed by atoms with E-state index in [4.69, 9.17) is 5.26 Å². The van der Waals surface area contributed by atoms with E-state index < -0.39 is 17.5 Å². The standard InChI is InChI=1S/C12H10F2N2O/c13-10-4-1-8(7-11(10)14)12(17)16(6-5-15)9-2-3-9/h1,4,7,9H,2-3,6H2. The van der Waals surface area contributed by atoms with Gasteiger partial charge in [-0.2, -0.15) is 5.26 Å². The van der Waals surface area contributed by atoms with Gasteiger partial charge in [-0.25, -0.2) is 8.78 Å². The maximum absolute atomic E-state index is 13.0. The third-order valence-electron chi connectivity index (χ3n) is 2.66. The van der Waals surface area contributed by atoms with E-state index in [0.29, 0.717) is 0 Å². The predicted octanol–water partition coefficient (Wildman–Crippen LogP) is 2.09. The largest absolute Gasteiger partial charge is 0.322 e. The summed E-state index contributed by atoms with van der Waals surface area (Å²) in [7, 11) is 0. The average molecular weight is 236 g/mol. The first kappa shape index (κ1) is 11.5. The molecule has 2 rings (SSSR count). The molecular formula is C12H10F2N2O. The Morgan fingerprint density at radius 2 is 2.12 bits per heavy atom. The molecule has 0 aliphatic heterocycles. The summed E-state index contributed by atoms with van der Waals surface area (Å²) in [5.41, 5.74) is 0.0750. The van der Waals surface area contributed by atoms with Crippen molar-refractivity contribution in [2.24, 2.45) is 0 Å². The van der Waals surface area contributed by atoms with Gasteiger partial charge in [0.1, 0.15) is 6.54 Å². The minimum atomic E-state index is -1.05. The predicted molar refractivity (Wildman–Crippen MR) is 56.0 cm³/mol. The number of benzene rings is 1. The van der Waals surface area contributed by atoms with Gasteiger partial charge in [0.05, 0.1) is 6.07 Å². The van der Waals surface area contributed by atoms with Crippen LogP contribution in [-0.2, 0) is 0 Å². The molecule has 1 aromatic carbocycles. The SMILES string of the molecule is N#CCN(C(=O)c1ccc(F)c(F)c1)C1CC1. The van der Waals surface area contributed by atoms with Crippen LogP contribution >= 0.6 is 0 Å². The third-order valence-corrected chi connectivity index (χ3v) is 2.66. The molecule has 88 valence electrons. The van der Waals surface area contributed by atoms with E-state index in [1.807, 2.05) is 6.07 Å². The van der Waals surface area contributed by atoms with Crippen LogP contribution in [0.15, 0.2) is 18.2 Å². The van der Waals surface area contributed by atoms with Crippen LogP contribution in [0.5, 0.6) is 0 Å². The molecule has 1 fully saturated rings. The Hall–Kier alpha value is -1.96. The maximum atomic E-state index is 13.0. The van der Waals surface area contributed by atoms with Gasteiger partial charge in [-0.3, -0.25) is 4.79 Å². The second kappa shape index (κ2) is 4.50. The maximum Gasteiger partial charge on any atom is 0.255 e. The van der Waals surface area contributed by atoms with E-state index in [1.165, 1.54) is 11.0 Å². The minimum Gasteiger partial charge on any atom is -0.322 e. The fraction of sp³-hybridized carbons (Fsp3) is 0.333. The molecule has 0 unspecified atom stereocenters. The van der Waals surface area contributed by atoms with E-state index >= 15 is 0 Å². The van der Waals surface area contributed by atoms with Crippen LogP contribution in [0.25, 0.3) is 0 Å². The summed E-state index contributed by atoms with van der Waals surface area (Å²) in [4.78, 5) is 13.4. The molecule has 0 heterocycles.